The van der Waals surface area contributed by atoms with Gasteiger partial charge in [0, 0.05) is 6.54 Å². The molecule has 0 radical (unpaired) electrons. The fourth-order valence-corrected chi connectivity index (χ4v) is 4.49. The summed E-state index contributed by atoms with van der Waals surface area (Å²) in [7, 11) is 1.33. The van der Waals surface area contributed by atoms with Crippen LogP contribution in [-0.4, -0.2) is 34.3 Å². The maximum absolute atomic E-state index is 13.4. The SMILES string of the molecule is COC(=O)c1ccc(CNC(=O)CSc2nc3ccccc3c(=O)n2-c2cccc(C)c2C)cc1. The zero-order valence-corrected chi connectivity index (χ0v) is 20.5. The predicted octanol–water partition coefficient (Wildman–Crippen LogP) is 4.20. The molecule has 0 unspecified atom stereocenters. The first kappa shape index (κ1) is 24.2. The van der Waals surface area contributed by atoms with E-state index in [0.29, 0.717) is 28.2 Å². The summed E-state index contributed by atoms with van der Waals surface area (Å²) in [6, 6.07) is 19.9. The number of esters is 1. The number of carbonyl (C=O) groups is 2. The molecular formula is C27H25N3O4S. The fourth-order valence-electron chi connectivity index (χ4n) is 3.66. The first-order chi connectivity index (χ1) is 16.9. The number of thioether (sulfide) groups is 1. The Morgan fingerprint density at radius 2 is 1.74 bits per heavy atom. The highest BCUT2D eigenvalue weighted by molar-refractivity contribution is 7.99. The van der Waals surface area contributed by atoms with Gasteiger partial charge in [-0.15, -0.1) is 0 Å². The van der Waals surface area contributed by atoms with Gasteiger partial charge in [0.05, 0.1) is 35.0 Å². The van der Waals surface area contributed by atoms with Crippen molar-refractivity contribution in [1.82, 2.24) is 14.9 Å². The molecule has 35 heavy (non-hydrogen) atoms. The number of fused-ring (bicyclic) bond motifs is 1. The summed E-state index contributed by atoms with van der Waals surface area (Å²) in [6.45, 7) is 4.28. The summed E-state index contributed by atoms with van der Waals surface area (Å²) in [6.07, 6.45) is 0. The molecule has 3 aromatic carbocycles. The van der Waals surface area contributed by atoms with Crippen LogP contribution in [0.3, 0.4) is 0 Å². The van der Waals surface area contributed by atoms with E-state index in [-0.39, 0.29) is 17.2 Å². The van der Waals surface area contributed by atoms with Crippen molar-refractivity contribution in [3.05, 3.63) is 99.3 Å². The number of nitrogens with one attached hydrogen (secondary N) is 1. The summed E-state index contributed by atoms with van der Waals surface area (Å²) in [5.74, 6) is -0.507. The highest BCUT2D eigenvalue weighted by Crippen LogP contribution is 2.24. The Bertz CT molecular complexity index is 1460. The van der Waals surface area contributed by atoms with Crippen LogP contribution in [0.15, 0.2) is 76.7 Å². The van der Waals surface area contributed by atoms with Crippen LogP contribution in [0.2, 0.25) is 0 Å². The number of nitrogens with zero attached hydrogens (tertiary/aromatic N) is 2. The number of methoxy groups -OCH3 is 1. The van der Waals surface area contributed by atoms with Crippen LogP contribution in [0.25, 0.3) is 16.6 Å². The number of aryl methyl sites for hydroxylation is 1. The average molecular weight is 488 g/mol. The topological polar surface area (TPSA) is 90.3 Å². The molecule has 178 valence electrons. The van der Waals surface area contributed by atoms with Gasteiger partial charge in [-0.05, 0) is 60.9 Å². The van der Waals surface area contributed by atoms with Crippen LogP contribution < -0.4 is 10.9 Å². The molecule has 1 heterocycles. The largest absolute Gasteiger partial charge is 0.465 e. The smallest absolute Gasteiger partial charge is 0.337 e. The molecule has 8 heteroatoms. The van der Waals surface area contributed by atoms with Gasteiger partial charge in [-0.3, -0.25) is 14.2 Å². The molecule has 0 aliphatic heterocycles. The maximum atomic E-state index is 13.4. The van der Waals surface area contributed by atoms with E-state index in [1.54, 1.807) is 41.0 Å². The van der Waals surface area contributed by atoms with Gasteiger partial charge in [0.1, 0.15) is 0 Å². The van der Waals surface area contributed by atoms with Gasteiger partial charge in [0.25, 0.3) is 5.56 Å². The predicted molar refractivity (Wildman–Crippen MR) is 137 cm³/mol. The van der Waals surface area contributed by atoms with Crippen LogP contribution in [0.5, 0.6) is 0 Å². The maximum Gasteiger partial charge on any atom is 0.337 e. The van der Waals surface area contributed by atoms with Crippen molar-refractivity contribution in [3.63, 3.8) is 0 Å². The van der Waals surface area contributed by atoms with Crippen LogP contribution >= 0.6 is 11.8 Å². The molecule has 4 rings (SSSR count). The van der Waals surface area contributed by atoms with Gasteiger partial charge in [-0.2, -0.15) is 0 Å². The minimum absolute atomic E-state index is 0.0931. The molecule has 0 aliphatic rings. The van der Waals surface area contributed by atoms with E-state index in [1.165, 1.54) is 18.9 Å². The van der Waals surface area contributed by atoms with E-state index < -0.39 is 5.97 Å². The highest BCUT2D eigenvalue weighted by Gasteiger charge is 2.16. The summed E-state index contributed by atoms with van der Waals surface area (Å²) in [4.78, 5) is 42.3. The Kier molecular flexibility index (Phi) is 7.31. The van der Waals surface area contributed by atoms with Crippen molar-refractivity contribution in [2.24, 2.45) is 0 Å². The lowest BCUT2D eigenvalue weighted by molar-refractivity contribution is -0.118. The molecular weight excluding hydrogens is 462 g/mol. The molecule has 0 saturated heterocycles. The lowest BCUT2D eigenvalue weighted by Gasteiger charge is -2.16. The van der Waals surface area contributed by atoms with Gasteiger partial charge >= 0.3 is 5.97 Å². The lowest BCUT2D eigenvalue weighted by Crippen LogP contribution is -2.26. The zero-order chi connectivity index (χ0) is 24.9. The van der Waals surface area contributed by atoms with Gasteiger partial charge in [-0.1, -0.05) is 48.2 Å². The standard InChI is InChI=1S/C27H25N3O4S/c1-17-7-6-10-23(18(17)2)30-25(32)21-8-4-5-9-22(21)29-27(30)35-16-24(31)28-15-19-11-13-20(14-12-19)26(33)34-3/h4-14H,15-16H2,1-3H3,(H,28,31). The molecule has 0 saturated carbocycles. The summed E-state index contributed by atoms with van der Waals surface area (Å²) in [5.41, 5.74) is 4.52. The van der Waals surface area contributed by atoms with Crippen molar-refractivity contribution in [1.29, 1.82) is 0 Å². The Labute approximate surface area is 207 Å². The quantitative estimate of drug-likeness (QED) is 0.239. The fraction of sp³-hybridized carbons (Fsp3) is 0.185. The van der Waals surface area contributed by atoms with E-state index >= 15 is 0 Å². The minimum Gasteiger partial charge on any atom is -0.465 e. The first-order valence-electron chi connectivity index (χ1n) is 11.0. The second-order valence-electron chi connectivity index (χ2n) is 8.03. The van der Waals surface area contributed by atoms with E-state index in [2.05, 4.69) is 5.32 Å². The number of para-hydroxylation sites is 1. The summed E-state index contributed by atoms with van der Waals surface area (Å²) in [5, 5.41) is 3.86. The first-order valence-corrected chi connectivity index (χ1v) is 12.0. The molecule has 1 N–H and O–H groups in total. The number of rotatable bonds is 7. The van der Waals surface area contributed by atoms with E-state index in [9.17, 15) is 14.4 Å². The van der Waals surface area contributed by atoms with Gasteiger partial charge in [0.15, 0.2) is 5.16 Å². The Hall–Kier alpha value is -3.91. The Morgan fingerprint density at radius 3 is 2.49 bits per heavy atom. The van der Waals surface area contributed by atoms with Crippen LogP contribution in [0.4, 0.5) is 0 Å². The third-order valence-corrected chi connectivity index (χ3v) is 6.70. The van der Waals surface area contributed by atoms with Gasteiger partial charge < -0.3 is 10.1 Å². The second-order valence-corrected chi connectivity index (χ2v) is 8.97. The zero-order valence-electron chi connectivity index (χ0n) is 19.7. The van der Waals surface area contributed by atoms with Crippen molar-refractivity contribution < 1.29 is 14.3 Å². The summed E-state index contributed by atoms with van der Waals surface area (Å²) < 4.78 is 6.29. The van der Waals surface area contributed by atoms with Crippen LogP contribution in [-0.2, 0) is 16.1 Å². The average Bonchev–Trinajstić information content (AvgIpc) is 2.88. The number of benzene rings is 3. The Balaban J connectivity index is 1.55. The molecule has 7 nitrogen and oxygen atoms in total. The monoisotopic (exact) mass is 487 g/mol. The van der Waals surface area contributed by atoms with E-state index in [1.807, 2.05) is 44.2 Å². The number of carbonyl (C=O) groups excluding carboxylic acids is 2. The van der Waals surface area contributed by atoms with E-state index in [4.69, 9.17) is 9.72 Å². The molecule has 0 fully saturated rings. The second kappa shape index (κ2) is 10.6. The molecule has 0 bridgehead atoms. The van der Waals surface area contributed by atoms with Crippen molar-refractivity contribution >= 4 is 34.5 Å². The molecule has 0 spiro atoms. The molecule has 4 aromatic rings. The number of aromatic nitrogens is 2. The molecule has 0 aliphatic carbocycles. The number of hydrogen-bond acceptors (Lipinski definition) is 6. The minimum atomic E-state index is -0.408. The van der Waals surface area contributed by atoms with Crippen molar-refractivity contribution in [3.8, 4) is 5.69 Å². The molecule has 1 amide bonds. The van der Waals surface area contributed by atoms with E-state index in [0.717, 1.165) is 22.4 Å². The van der Waals surface area contributed by atoms with Gasteiger partial charge in [0.2, 0.25) is 5.91 Å². The van der Waals surface area contributed by atoms with Crippen LogP contribution in [0, 0.1) is 13.8 Å². The highest BCUT2D eigenvalue weighted by atomic mass is 32.2. The van der Waals surface area contributed by atoms with Crippen LogP contribution in [0.1, 0.15) is 27.0 Å². The summed E-state index contributed by atoms with van der Waals surface area (Å²) >= 11 is 1.22. The van der Waals surface area contributed by atoms with Crippen molar-refractivity contribution in [2.75, 3.05) is 12.9 Å². The third-order valence-electron chi connectivity index (χ3n) is 5.76. The lowest BCUT2D eigenvalue weighted by atomic mass is 10.1. The third kappa shape index (κ3) is 5.27. The Morgan fingerprint density at radius 1 is 1.00 bits per heavy atom. The number of ether oxygens (including phenoxy) is 1. The van der Waals surface area contributed by atoms with Gasteiger partial charge in [-0.25, -0.2) is 9.78 Å². The molecule has 0 atom stereocenters. The molecule has 1 aromatic heterocycles. The number of hydrogen-bond donors (Lipinski definition) is 1. The number of amides is 1. The normalized spacial score (nSPS) is 10.8. The van der Waals surface area contributed by atoms with Crippen molar-refractivity contribution in [2.45, 2.75) is 25.5 Å².